The Kier molecular flexibility index (Phi) is 3.89. The van der Waals surface area contributed by atoms with Crippen LogP contribution in [0, 0.1) is 0 Å². The van der Waals surface area contributed by atoms with E-state index in [9.17, 15) is 4.79 Å². The van der Waals surface area contributed by atoms with E-state index in [4.69, 9.17) is 20.9 Å². The molecule has 20 heavy (non-hydrogen) atoms. The zero-order valence-electron chi connectivity index (χ0n) is 12.4. The number of nitrogens with one attached hydrogen (secondary N) is 1. The molecule has 1 aromatic rings. The molecule has 1 aliphatic heterocycles. The molecule has 0 atom stereocenters. The molecule has 1 amide bonds. The Balaban J connectivity index is 2.28. The van der Waals surface area contributed by atoms with E-state index in [1.807, 2.05) is 27.7 Å². The normalized spacial score (nSPS) is 20.0. The Morgan fingerprint density at radius 1 is 1.20 bits per heavy atom. The van der Waals surface area contributed by atoms with Crippen LogP contribution in [0.4, 0.5) is 0 Å². The molecule has 6 heteroatoms. The monoisotopic (exact) mass is 295 g/mol. The van der Waals surface area contributed by atoms with Crippen LogP contribution in [0.2, 0.25) is 5.02 Å². The fourth-order valence-electron chi connectivity index (χ4n) is 1.98. The van der Waals surface area contributed by atoms with Crippen LogP contribution in [0.25, 0.3) is 0 Å². The van der Waals surface area contributed by atoms with Crippen LogP contribution in [0.3, 0.4) is 0 Å². The van der Waals surface area contributed by atoms with E-state index in [0.29, 0.717) is 10.6 Å². The minimum absolute atomic E-state index is 0.213. The third-order valence-corrected chi connectivity index (χ3v) is 4.30. The van der Waals surface area contributed by atoms with Crippen molar-refractivity contribution in [3.8, 4) is 0 Å². The van der Waals surface area contributed by atoms with Gasteiger partial charge in [-0.2, -0.15) is 0 Å². The highest BCUT2D eigenvalue weighted by Crippen LogP contribution is 2.36. The second kappa shape index (κ2) is 5.06. The van der Waals surface area contributed by atoms with Gasteiger partial charge < -0.3 is 14.6 Å². The molecule has 0 radical (unpaired) electrons. The molecule has 1 fully saturated rings. The Morgan fingerprint density at radius 2 is 1.75 bits per heavy atom. The first kappa shape index (κ1) is 15.4. The zero-order valence-corrected chi connectivity index (χ0v) is 13.2. The van der Waals surface area contributed by atoms with Gasteiger partial charge in [-0.25, -0.2) is 0 Å². The van der Waals surface area contributed by atoms with Gasteiger partial charge in [0.05, 0.1) is 21.8 Å². The summed E-state index contributed by atoms with van der Waals surface area (Å²) in [5, 5.41) is 2.94. The third kappa shape index (κ3) is 2.58. The zero-order chi connectivity index (χ0) is 15.1. The van der Waals surface area contributed by atoms with Crippen molar-refractivity contribution in [2.24, 2.45) is 0 Å². The van der Waals surface area contributed by atoms with E-state index < -0.39 is 18.3 Å². The first-order valence-corrected chi connectivity index (χ1v) is 6.93. The summed E-state index contributed by atoms with van der Waals surface area (Å²) in [4.78, 5) is 11.6. The van der Waals surface area contributed by atoms with Gasteiger partial charge in [0.1, 0.15) is 0 Å². The van der Waals surface area contributed by atoms with Crippen molar-refractivity contribution < 1.29 is 14.1 Å². The fraction of sp³-hybridized carbons (Fsp3) is 0.500. The van der Waals surface area contributed by atoms with Gasteiger partial charge in [-0.15, -0.1) is 0 Å². The highest BCUT2D eigenvalue weighted by Gasteiger charge is 2.51. The van der Waals surface area contributed by atoms with Gasteiger partial charge in [-0.05, 0) is 45.3 Å². The van der Waals surface area contributed by atoms with Crippen LogP contribution >= 0.6 is 11.6 Å². The Labute approximate surface area is 124 Å². The van der Waals surface area contributed by atoms with Crippen LogP contribution in [0.5, 0.6) is 0 Å². The molecule has 108 valence electrons. The quantitative estimate of drug-likeness (QED) is 0.849. The van der Waals surface area contributed by atoms with Crippen molar-refractivity contribution in [1.82, 2.24) is 5.32 Å². The lowest BCUT2D eigenvalue weighted by molar-refractivity contribution is 0.00578. The van der Waals surface area contributed by atoms with Crippen LogP contribution < -0.4 is 10.8 Å². The highest BCUT2D eigenvalue weighted by molar-refractivity contribution is 6.62. The molecule has 0 unspecified atom stereocenters. The van der Waals surface area contributed by atoms with Gasteiger partial charge in [0.2, 0.25) is 0 Å². The number of carbonyl (C=O) groups is 1. The lowest BCUT2D eigenvalue weighted by Gasteiger charge is -2.32. The summed E-state index contributed by atoms with van der Waals surface area (Å²) in [5.74, 6) is -0.213. The number of benzene rings is 1. The summed E-state index contributed by atoms with van der Waals surface area (Å²) in [6.07, 6.45) is 0. The second-order valence-corrected chi connectivity index (χ2v) is 6.31. The molecule has 0 aromatic heterocycles. The molecule has 2 rings (SSSR count). The third-order valence-electron chi connectivity index (χ3n) is 3.99. The first-order valence-electron chi connectivity index (χ1n) is 6.55. The summed E-state index contributed by atoms with van der Waals surface area (Å²) in [7, 11) is 1.09. The highest BCUT2D eigenvalue weighted by atomic mass is 35.5. The van der Waals surface area contributed by atoms with Crippen molar-refractivity contribution in [3.05, 3.63) is 28.8 Å². The van der Waals surface area contributed by atoms with E-state index in [1.165, 1.54) is 0 Å². The average Bonchev–Trinajstić information content (AvgIpc) is 2.57. The lowest BCUT2D eigenvalue weighted by Crippen LogP contribution is -2.41. The van der Waals surface area contributed by atoms with E-state index in [0.717, 1.165) is 5.46 Å². The Bertz CT molecular complexity index is 529. The van der Waals surface area contributed by atoms with Crippen LogP contribution in [-0.2, 0) is 9.31 Å². The summed E-state index contributed by atoms with van der Waals surface area (Å²) >= 11 is 6.15. The van der Waals surface area contributed by atoms with Crippen molar-refractivity contribution in [3.63, 3.8) is 0 Å². The predicted molar refractivity (Wildman–Crippen MR) is 80.6 cm³/mol. The van der Waals surface area contributed by atoms with Crippen molar-refractivity contribution >= 4 is 30.1 Å². The van der Waals surface area contributed by atoms with E-state index in [2.05, 4.69) is 5.32 Å². The Morgan fingerprint density at radius 3 is 2.20 bits per heavy atom. The number of amides is 1. The maximum absolute atomic E-state index is 11.6. The van der Waals surface area contributed by atoms with Crippen LogP contribution in [0.1, 0.15) is 38.1 Å². The van der Waals surface area contributed by atoms with E-state index >= 15 is 0 Å². The molecular formula is C14H19BClNO3. The van der Waals surface area contributed by atoms with Crippen LogP contribution in [0.15, 0.2) is 18.2 Å². The number of hydrogen-bond donors (Lipinski definition) is 1. The molecule has 1 N–H and O–H groups in total. The number of carbonyl (C=O) groups excluding carboxylic acids is 1. The van der Waals surface area contributed by atoms with Gasteiger partial charge in [0.25, 0.3) is 5.91 Å². The molecule has 0 saturated carbocycles. The summed E-state index contributed by atoms with van der Waals surface area (Å²) in [5.41, 5.74) is 0.448. The second-order valence-electron chi connectivity index (χ2n) is 5.91. The largest absolute Gasteiger partial charge is 0.494 e. The van der Waals surface area contributed by atoms with Crippen LogP contribution in [-0.4, -0.2) is 31.3 Å². The topological polar surface area (TPSA) is 47.6 Å². The molecule has 0 spiro atoms. The van der Waals surface area contributed by atoms with Gasteiger partial charge in [-0.3, -0.25) is 4.79 Å². The standard InChI is InChI=1S/C14H19BClNO3/c1-13(2)14(3,4)20-15(19-13)9-6-7-10(11(16)8-9)12(18)17-5/h6-8H,1-5H3,(H,17,18). The molecule has 1 aromatic carbocycles. The molecule has 4 nitrogen and oxygen atoms in total. The summed E-state index contributed by atoms with van der Waals surface area (Å²) < 4.78 is 11.9. The predicted octanol–water partition coefficient (Wildman–Crippen LogP) is 2.00. The fourth-order valence-corrected chi connectivity index (χ4v) is 2.25. The number of rotatable bonds is 2. The van der Waals surface area contributed by atoms with Gasteiger partial charge >= 0.3 is 7.12 Å². The van der Waals surface area contributed by atoms with Gasteiger partial charge in [0.15, 0.2) is 0 Å². The molecule has 1 heterocycles. The molecular weight excluding hydrogens is 276 g/mol. The number of hydrogen-bond acceptors (Lipinski definition) is 3. The van der Waals surface area contributed by atoms with E-state index in [-0.39, 0.29) is 5.91 Å². The average molecular weight is 296 g/mol. The summed E-state index contributed by atoms with van der Waals surface area (Å²) in [6.45, 7) is 7.97. The molecule has 0 bridgehead atoms. The lowest BCUT2D eigenvalue weighted by atomic mass is 9.79. The SMILES string of the molecule is CNC(=O)c1ccc(B2OC(C)(C)C(C)(C)O2)cc1Cl. The Hall–Kier alpha value is -1.04. The maximum Gasteiger partial charge on any atom is 0.494 e. The van der Waals surface area contributed by atoms with Crippen molar-refractivity contribution in [2.45, 2.75) is 38.9 Å². The molecule has 0 aliphatic carbocycles. The van der Waals surface area contributed by atoms with Gasteiger partial charge in [0, 0.05) is 7.05 Å². The molecule has 1 saturated heterocycles. The number of halogens is 1. The molecule has 1 aliphatic rings. The minimum Gasteiger partial charge on any atom is -0.399 e. The van der Waals surface area contributed by atoms with Crippen molar-refractivity contribution in [1.29, 1.82) is 0 Å². The smallest absolute Gasteiger partial charge is 0.399 e. The minimum atomic E-state index is -0.476. The summed E-state index contributed by atoms with van der Waals surface area (Å²) in [6, 6.07) is 5.20. The van der Waals surface area contributed by atoms with E-state index in [1.54, 1.807) is 25.2 Å². The maximum atomic E-state index is 11.6. The first-order chi connectivity index (χ1) is 9.18. The van der Waals surface area contributed by atoms with Crippen molar-refractivity contribution in [2.75, 3.05) is 7.05 Å². The van der Waals surface area contributed by atoms with Gasteiger partial charge in [-0.1, -0.05) is 17.7 Å².